The monoisotopic (exact) mass is 303 g/mol. The van der Waals surface area contributed by atoms with Gasteiger partial charge in [0.2, 0.25) is 15.9 Å². The zero-order chi connectivity index (χ0) is 15.3. The summed E-state index contributed by atoms with van der Waals surface area (Å²) < 4.78 is 38.9. The number of halogens is 1. The number of hydrogen-bond acceptors (Lipinski definition) is 4. The largest absolute Gasteiger partial charge is 0.398 e. The third-order valence-corrected chi connectivity index (χ3v) is 4.62. The van der Waals surface area contributed by atoms with E-state index in [2.05, 4.69) is 5.32 Å². The topological polar surface area (TPSA) is 92.5 Å². The highest BCUT2D eigenvalue weighted by molar-refractivity contribution is 7.89. The molecule has 3 N–H and O–H groups in total. The predicted octanol–water partition coefficient (Wildman–Crippen LogP) is 0.555. The van der Waals surface area contributed by atoms with Crippen LogP contribution in [0.4, 0.5) is 10.1 Å². The number of nitrogens with zero attached hydrogens (tertiary/aromatic N) is 1. The first-order valence-corrected chi connectivity index (χ1v) is 7.58. The second-order valence-corrected chi connectivity index (χ2v) is 5.97. The number of sulfonamides is 1. The number of nitrogen functional groups attached to an aromatic ring is 1. The summed E-state index contributed by atoms with van der Waals surface area (Å²) >= 11 is 0. The van der Waals surface area contributed by atoms with Crippen LogP contribution < -0.4 is 11.1 Å². The third-order valence-electron chi connectivity index (χ3n) is 2.64. The molecule has 0 bridgehead atoms. The Labute approximate surface area is 117 Å². The van der Waals surface area contributed by atoms with Crippen LogP contribution in [0, 0.1) is 5.82 Å². The Bertz CT molecular complexity index is 590. The van der Waals surface area contributed by atoms with Crippen molar-refractivity contribution in [1.82, 2.24) is 9.62 Å². The average molecular weight is 303 g/mol. The molecule has 6 nitrogen and oxygen atoms in total. The summed E-state index contributed by atoms with van der Waals surface area (Å²) in [5.74, 6) is -1.13. The zero-order valence-electron chi connectivity index (χ0n) is 11.4. The fourth-order valence-corrected chi connectivity index (χ4v) is 3.18. The standard InChI is InChI=1S/C12H18FN3O3S/c1-3-15-12(17)8-16(4-2)20(18,19)11-7-9(13)5-6-10(11)14/h5-7H,3-4,8,14H2,1-2H3,(H,15,17). The van der Waals surface area contributed by atoms with Gasteiger partial charge >= 0.3 is 0 Å². The number of carbonyl (C=O) groups excluding carboxylic acids is 1. The molecule has 0 atom stereocenters. The van der Waals surface area contributed by atoms with E-state index in [1.165, 1.54) is 6.07 Å². The lowest BCUT2D eigenvalue weighted by Gasteiger charge is -2.20. The van der Waals surface area contributed by atoms with Crippen molar-refractivity contribution in [2.45, 2.75) is 18.7 Å². The number of likely N-dealkylation sites (N-methyl/N-ethyl adjacent to an activating group) is 2. The molecule has 0 aliphatic rings. The van der Waals surface area contributed by atoms with E-state index in [9.17, 15) is 17.6 Å². The van der Waals surface area contributed by atoms with Gasteiger partial charge in [-0.15, -0.1) is 0 Å². The van der Waals surface area contributed by atoms with Crippen molar-refractivity contribution < 1.29 is 17.6 Å². The molecule has 0 saturated carbocycles. The highest BCUT2D eigenvalue weighted by Crippen LogP contribution is 2.23. The van der Waals surface area contributed by atoms with Crippen molar-refractivity contribution in [3.05, 3.63) is 24.0 Å². The normalized spacial score (nSPS) is 11.6. The van der Waals surface area contributed by atoms with E-state index in [0.717, 1.165) is 16.4 Å². The van der Waals surface area contributed by atoms with Crippen LogP contribution in [0.5, 0.6) is 0 Å². The molecule has 1 amide bonds. The molecule has 0 aromatic heterocycles. The van der Waals surface area contributed by atoms with Gasteiger partial charge in [-0.05, 0) is 25.1 Å². The molecular weight excluding hydrogens is 285 g/mol. The SMILES string of the molecule is CCNC(=O)CN(CC)S(=O)(=O)c1cc(F)ccc1N. The van der Waals surface area contributed by atoms with E-state index in [1.54, 1.807) is 13.8 Å². The lowest BCUT2D eigenvalue weighted by Crippen LogP contribution is -2.40. The summed E-state index contributed by atoms with van der Waals surface area (Å²) in [5.41, 5.74) is 5.53. The Balaban J connectivity index is 3.12. The van der Waals surface area contributed by atoms with Crippen molar-refractivity contribution in [3.8, 4) is 0 Å². The second-order valence-electron chi connectivity index (χ2n) is 4.07. The summed E-state index contributed by atoms with van der Waals surface area (Å²) in [6.45, 7) is 3.47. The first-order valence-electron chi connectivity index (χ1n) is 6.14. The van der Waals surface area contributed by atoms with Gasteiger partial charge in [0.15, 0.2) is 0 Å². The number of benzene rings is 1. The Morgan fingerprint density at radius 1 is 1.40 bits per heavy atom. The number of carbonyl (C=O) groups is 1. The van der Waals surface area contributed by atoms with E-state index in [1.807, 2.05) is 0 Å². The van der Waals surface area contributed by atoms with E-state index < -0.39 is 21.7 Å². The van der Waals surface area contributed by atoms with Gasteiger partial charge < -0.3 is 11.1 Å². The number of rotatable bonds is 6. The van der Waals surface area contributed by atoms with Gasteiger partial charge in [-0.2, -0.15) is 4.31 Å². The molecule has 0 saturated heterocycles. The highest BCUT2D eigenvalue weighted by Gasteiger charge is 2.27. The van der Waals surface area contributed by atoms with Crippen LogP contribution in [0.3, 0.4) is 0 Å². The van der Waals surface area contributed by atoms with E-state index in [-0.39, 0.29) is 23.7 Å². The lowest BCUT2D eigenvalue weighted by molar-refractivity contribution is -0.121. The van der Waals surface area contributed by atoms with Crippen LogP contribution in [0.15, 0.2) is 23.1 Å². The molecule has 0 fully saturated rings. The molecule has 112 valence electrons. The minimum absolute atomic E-state index is 0.0549. The van der Waals surface area contributed by atoms with Gasteiger partial charge in [0.05, 0.1) is 12.2 Å². The number of nitrogens with one attached hydrogen (secondary N) is 1. The van der Waals surface area contributed by atoms with Gasteiger partial charge in [0, 0.05) is 13.1 Å². The Hall–Kier alpha value is -1.67. The van der Waals surface area contributed by atoms with Gasteiger partial charge in [-0.1, -0.05) is 6.92 Å². The van der Waals surface area contributed by atoms with Crippen LogP contribution in [-0.4, -0.2) is 38.3 Å². The number of amides is 1. The molecule has 1 rings (SSSR count). The van der Waals surface area contributed by atoms with E-state index in [4.69, 9.17) is 5.73 Å². The first kappa shape index (κ1) is 16.4. The molecule has 0 heterocycles. The van der Waals surface area contributed by atoms with Gasteiger partial charge in [-0.25, -0.2) is 12.8 Å². The smallest absolute Gasteiger partial charge is 0.245 e. The molecule has 1 aromatic carbocycles. The van der Waals surface area contributed by atoms with Gasteiger partial charge in [0.1, 0.15) is 10.7 Å². The van der Waals surface area contributed by atoms with Crippen LogP contribution in [0.2, 0.25) is 0 Å². The molecule has 20 heavy (non-hydrogen) atoms. The van der Waals surface area contributed by atoms with Crippen molar-refractivity contribution >= 4 is 21.6 Å². The summed E-state index contributed by atoms with van der Waals surface area (Å²) in [4.78, 5) is 11.2. The van der Waals surface area contributed by atoms with Crippen LogP contribution in [0.1, 0.15) is 13.8 Å². The van der Waals surface area contributed by atoms with E-state index in [0.29, 0.717) is 6.54 Å². The third kappa shape index (κ3) is 3.67. The summed E-state index contributed by atoms with van der Waals surface area (Å²) in [5, 5.41) is 2.51. The Morgan fingerprint density at radius 2 is 2.05 bits per heavy atom. The lowest BCUT2D eigenvalue weighted by atomic mass is 10.3. The Morgan fingerprint density at radius 3 is 2.60 bits per heavy atom. The minimum atomic E-state index is -4.01. The molecule has 1 aromatic rings. The average Bonchev–Trinajstić information content (AvgIpc) is 2.38. The second kappa shape index (κ2) is 6.67. The van der Waals surface area contributed by atoms with E-state index >= 15 is 0 Å². The maximum atomic E-state index is 13.2. The molecule has 0 aliphatic heterocycles. The zero-order valence-corrected chi connectivity index (χ0v) is 12.2. The number of nitrogens with two attached hydrogens (primary N) is 1. The van der Waals surface area contributed by atoms with Crippen LogP contribution in [-0.2, 0) is 14.8 Å². The van der Waals surface area contributed by atoms with Crippen molar-refractivity contribution in [2.75, 3.05) is 25.4 Å². The number of hydrogen-bond donors (Lipinski definition) is 2. The number of anilines is 1. The summed E-state index contributed by atoms with van der Waals surface area (Å²) in [6.07, 6.45) is 0. The molecule has 0 radical (unpaired) electrons. The van der Waals surface area contributed by atoms with Crippen molar-refractivity contribution in [1.29, 1.82) is 0 Å². The van der Waals surface area contributed by atoms with Crippen molar-refractivity contribution in [2.24, 2.45) is 0 Å². The van der Waals surface area contributed by atoms with Crippen LogP contribution in [0.25, 0.3) is 0 Å². The summed E-state index contributed by atoms with van der Waals surface area (Å²) in [6, 6.07) is 3.11. The molecular formula is C12H18FN3O3S. The summed E-state index contributed by atoms with van der Waals surface area (Å²) in [7, 11) is -4.01. The minimum Gasteiger partial charge on any atom is -0.398 e. The molecule has 0 spiro atoms. The quantitative estimate of drug-likeness (QED) is 0.751. The molecule has 0 unspecified atom stereocenters. The highest BCUT2D eigenvalue weighted by atomic mass is 32.2. The Kier molecular flexibility index (Phi) is 5.46. The first-order chi connectivity index (χ1) is 9.32. The molecule has 8 heteroatoms. The predicted molar refractivity (Wildman–Crippen MR) is 73.9 cm³/mol. The fraction of sp³-hybridized carbons (Fsp3) is 0.417. The maximum absolute atomic E-state index is 13.2. The van der Waals surface area contributed by atoms with Crippen LogP contribution >= 0.6 is 0 Å². The molecule has 0 aliphatic carbocycles. The fourth-order valence-electron chi connectivity index (χ4n) is 1.65. The van der Waals surface area contributed by atoms with Crippen molar-refractivity contribution in [3.63, 3.8) is 0 Å². The van der Waals surface area contributed by atoms with Gasteiger partial charge in [-0.3, -0.25) is 4.79 Å². The maximum Gasteiger partial charge on any atom is 0.245 e. The van der Waals surface area contributed by atoms with Gasteiger partial charge in [0.25, 0.3) is 0 Å².